The predicted molar refractivity (Wildman–Crippen MR) is 178 cm³/mol. The second-order valence-electron chi connectivity index (χ2n) is 12.7. The smallest absolute Gasteiger partial charge is 0.305 e. The molecule has 0 saturated heterocycles. The maximum absolute atomic E-state index is 11.9. The lowest BCUT2D eigenvalue weighted by atomic mass is 10.0. The number of hydrogen-bond donors (Lipinski definition) is 1. The Balaban J connectivity index is 3.36. The molecule has 0 spiro atoms. The second-order valence-corrected chi connectivity index (χ2v) is 12.7. The Morgan fingerprint density at radius 2 is 0.619 bits per heavy atom. The molecule has 0 rings (SSSR count). The van der Waals surface area contributed by atoms with Gasteiger partial charge in [-0.15, -0.1) is 0 Å². The summed E-state index contributed by atoms with van der Waals surface area (Å²) < 4.78 is 10.3. The molecule has 0 bridgehead atoms. The van der Waals surface area contributed by atoms with Gasteiger partial charge in [0.25, 0.3) is 0 Å². The Morgan fingerprint density at radius 1 is 0.405 bits per heavy atom. The number of rotatable bonds is 34. The summed E-state index contributed by atoms with van der Waals surface area (Å²) in [7, 11) is 0. The second kappa shape index (κ2) is 34.4. The molecule has 42 heavy (non-hydrogen) atoms. The van der Waals surface area contributed by atoms with Crippen molar-refractivity contribution in [3.8, 4) is 0 Å². The van der Waals surface area contributed by atoms with E-state index in [1.807, 2.05) is 0 Å². The summed E-state index contributed by atoms with van der Waals surface area (Å²) in [5, 5.41) is 9.97. The Labute approximate surface area is 261 Å². The van der Waals surface area contributed by atoms with Crippen LogP contribution in [0, 0.1) is 0 Å². The van der Waals surface area contributed by atoms with Crippen LogP contribution in [0.15, 0.2) is 0 Å². The van der Waals surface area contributed by atoms with Crippen molar-refractivity contribution in [2.75, 3.05) is 13.2 Å². The van der Waals surface area contributed by atoms with Gasteiger partial charge in [0.2, 0.25) is 0 Å². The number of unbranched alkanes of at least 4 members (excludes halogenated alkanes) is 26. The molecule has 1 N–H and O–H groups in total. The minimum Gasteiger partial charge on any atom is -0.463 e. The van der Waals surface area contributed by atoms with Gasteiger partial charge in [0, 0.05) is 12.8 Å². The minimum absolute atomic E-state index is 0.108. The first-order chi connectivity index (χ1) is 20.6. The highest BCUT2D eigenvalue weighted by Crippen LogP contribution is 2.15. The van der Waals surface area contributed by atoms with E-state index >= 15 is 0 Å². The van der Waals surface area contributed by atoms with Crippen molar-refractivity contribution in [3.63, 3.8) is 0 Å². The fourth-order valence-electron chi connectivity index (χ4n) is 5.50. The normalized spacial score (nSPS) is 12.0. The Kier molecular flexibility index (Phi) is 33.5. The van der Waals surface area contributed by atoms with E-state index in [0.29, 0.717) is 12.8 Å². The standard InChI is InChI=1S/C37H72O5/c1-3-5-7-9-11-13-15-16-17-18-19-20-21-22-24-26-28-30-32-37(40)42-34-35(38)33-41-36(39)31-29-27-25-23-14-12-10-8-6-4-2/h35,38H,3-34H2,1-2H3/t35-/m0/s1. The molecule has 5 nitrogen and oxygen atoms in total. The molecule has 0 aliphatic rings. The summed E-state index contributed by atoms with van der Waals surface area (Å²) in [5.41, 5.74) is 0. The summed E-state index contributed by atoms with van der Waals surface area (Å²) >= 11 is 0. The number of aliphatic hydroxyl groups excluding tert-OH is 1. The summed E-state index contributed by atoms with van der Waals surface area (Å²) in [6, 6.07) is 0. The molecule has 0 aromatic rings. The molecule has 250 valence electrons. The largest absolute Gasteiger partial charge is 0.463 e. The predicted octanol–water partition coefficient (Wildman–Crippen LogP) is 11.2. The maximum atomic E-state index is 11.9. The van der Waals surface area contributed by atoms with Crippen molar-refractivity contribution >= 4 is 11.9 Å². The molecule has 0 radical (unpaired) electrons. The van der Waals surface area contributed by atoms with Crippen LogP contribution in [0.2, 0.25) is 0 Å². The first-order valence-corrected chi connectivity index (χ1v) is 18.6. The van der Waals surface area contributed by atoms with Gasteiger partial charge in [0.1, 0.15) is 19.3 Å². The summed E-state index contributed by atoms with van der Waals surface area (Å²) in [6.45, 7) is 4.30. The highest BCUT2D eigenvalue weighted by molar-refractivity contribution is 5.69. The van der Waals surface area contributed by atoms with E-state index in [0.717, 1.165) is 25.7 Å². The zero-order chi connectivity index (χ0) is 30.8. The fraction of sp³-hybridized carbons (Fsp3) is 0.946. The molecule has 0 heterocycles. The number of aliphatic hydroxyl groups is 1. The van der Waals surface area contributed by atoms with Crippen molar-refractivity contribution in [2.24, 2.45) is 0 Å². The minimum atomic E-state index is -0.953. The number of carbonyl (C=O) groups is 2. The molecule has 0 aliphatic heterocycles. The SMILES string of the molecule is CCCCCCCCCCCCCCCCCCCCC(=O)OC[C@@H](O)COC(=O)CCCCCCCCCCCC. The van der Waals surface area contributed by atoms with E-state index in [4.69, 9.17) is 9.47 Å². The van der Waals surface area contributed by atoms with E-state index in [2.05, 4.69) is 13.8 Å². The third-order valence-corrected chi connectivity index (χ3v) is 8.34. The molecule has 0 aromatic carbocycles. The monoisotopic (exact) mass is 597 g/mol. The van der Waals surface area contributed by atoms with Gasteiger partial charge in [-0.1, -0.05) is 181 Å². The van der Waals surface area contributed by atoms with Gasteiger partial charge < -0.3 is 14.6 Å². The van der Waals surface area contributed by atoms with Crippen molar-refractivity contribution in [3.05, 3.63) is 0 Å². The van der Waals surface area contributed by atoms with Gasteiger partial charge in [-0.3, -0.25) is 9.59 Å². The van der Waals surface area contributed by atoms with Crippen LogP contribution in [0.3, 0.4) is 0 Å². The van der Waals surface area contributed by atoms with E-state index in [1.165, 1.54) is 154 Å². The topological polar surface area (TPSA) is 72.8 Å². The van der Waals surface area contributed by atoms with Gasteiger partial charge >= 0.3 is 11.9 Å². The van der Waals surface area contributed by atoms with Crippen molar-refractivity contribution in [2.45, 2.75) is 213 Å². The first kappa shape index (κ1) is 40.9. The van der Waals surface area contributed by atoms with Crippen LogP contribution in [0.1, 0.15) is 206 Å². The molecular weight excluding hydrogens is 524 g/mol. The van der Waals surface area contributed by atoms with E-state index in [1.54, 1.807) is 0 Å². The quantitative estimate of drug-likeness (QED) is 0.0591. The van der Waals surface area contributed by atoms with Gasteiger partial charge in [-0.05, 0) is 12.8 Å². The number of ether oxygens (including phenoxy) is 2. The fourth-order valence-corrected chi connectivity index (χ4v) is 5.50. The van der Waals surface area contributed by atoms with Gasteiger partial charge in [0.15, 0.2) is 0 Å². The van der Waals surface area contributed by atoms with Gasteiger partial charge in [-0.25, -0.2) is 0 Å². The highest BCUT2D eigenvalue weighted by atomic mass is 16.6. The Hall–Kier alpha value is -1.10. The molecule has 0 fully saturated rings. The zero-order valence-corrected chi connectivity index (χ0v) is 28.3. The van der Waals surface area contributed by atoms with Crippen molar-refractivity contribution in [1.82, 2.24) is 0 Å². The van der Waals surface area contributed by atoms with Crippen LogP contribution >= 0.6 is 0 Å². The van der Waals surface area contributed by atoms with Crippen LogP contribution in [0.4, 0.5) is 0 Å². The van der Waals surface area contributed by atoms with E-state index < -0.39 is 6.10 Å². The van der Waals surface area contributed by atoms with Crippen molar-refractivity contribution in [1.29, 1.82) is 0 Å². The van der Waals surface area contributed by atoms with Gasteiger partial charge in [-0.2, -0.15) is 0 Å². The average molecular weight is 597 g/mol. The zero-order valence-electron chi connectivity index (χ0n) is 28.3. The van der Waals surface area contributed by atoms with Crippen LogP contribution < -0.4 is 0 Å². The number of esters is 2. The van der Waals surface area contributed by atoms with Crippen LogP contribution in [0.25, 0.3) is 0 Å². The molecule has 1 atom stereocenters. The van der Waals surface area contributed by atoms with Crippen molar-refractivity contribution < 1.29 is 24.2 Å². The number of carbonyl (C=O) groups excluding carboxylic acids is 2. The van der Waals surface area contributed by atoms with E-state index in [9.17, 15) is 14.7 Å². The Bertz CT molecular complexity index is 564. The lowest BCUT2D eigenvalue weighted by Crippen LogP contribution is -2.25. The van der Waals surface area contributed by atoms with Crippen LogP contribution in [-0.4, -0.2) is 36.4 Å². The van der Waals surface area contributed by atoms with Gasteiger partial charge in [0.05, 0.1) is 0 Å². The molecule has 0 saturated carbocycles. The molecule has 0 aliphatic carbocycles. The third kappa shape index (κ3) is 33.4. The molecule has 0 unspecified atom stereocenters. The summed E-state index contributed by atoms with van der Waals surface area (Å²) in [5.74, 6) is -0.555. The third-order valence-electron chi connectivity index (χ3n) is 8.34. The average Bonchev–Trinajstić information content (AvgIpc) is 2.99. The Morgan fingerprint density at radius 3 is 0.857 bits per heavy atom. The lowest BCUT2D eigenvalue weighted by molar-refractivity contribution is -0.152. The summed E-state index contributed by atoms with van der Waals surface area (Å²) in [6.07, 6.45) is 35.9. The number of hydrogen-bond acceptors (Lipinski definition) is 5. The maximum Gasteiger partial charge on any atom is 0.305 e. The van der Waals surface area contributed by atoms with E-state index in [-0.39, 0.29) is 25.2 Å². The summed E-state index contributed by atoms with van der Waals surface area (Å²) in [4.78, 5) is 23.8. The lowest BCUT2D eigenvalue weighted by Gasteiger charge is -2.12. The molecule has 0 aromatic heterocycles. The molecule has 5 heteroatoms. The molecular formula is C37H72O5. The first-order valence-electron chi connectivity index (χ1n) is 18.6. The molecule has 0 amide bonds. The highest BCUT2D eigenvalue weighted by Gasteiger charge is 2.12. The van der Waals surface area contributed by atoms with Crippen LogP contribution in [-0.2, 0) is 19.1 Å². The van der Waals surface area contributed by atoms with Crippen LogP contribution in [0.5, 0.6) is 0 Å².